The number of halogens is 1. The van der Waals surface area contributed by atoms with Gasteiger partial charge in [0.05, 0.1) is 5.69 Å². The summed E-state index contributed by atoms with van der Waals surface area (Å²) < 4.78 is 1.04. The molecule has 20 heavy (non-hydrogen) atoms. The van der Waals surface area contributed by atoms with Gasteiger partial charge in [0.1, 0.15) is 5.82 Å². The maximum Gasteiger partial charge on any atom is 0.225 e. The molecule has 1 amide bonds. The molecule has 4 nitrogen and oxygen atoms in total. The molecule has 0 spiro atoms. The van der Waals surface area contributed by atoms with E-state index in [1.165, 1.54) is 0 Å². The highest BCUT2D eigenvalue weighted by molar-refractivity contribution is 9.10. The molecule has 1 saturated heterocycles. The van der Waals surface area contributed by atoms with Gasteiger partial charge >= 0.3 is 0 Å². The van der Waals surface area contributed by atoms with Gasteiger partial charge in [-0.3, -0.25) is 4.79 Å². The summed E-state index contributed by atoms with van der Waals surface area (Å²) >= 11 is 3.49. The van der Waals surface area contributed by atoms with E-state index in [1.54, 1.807) is 0 Å². The lowest BCUT2D eigenvalue weighted by Crippen LogP contribution is -2.36. The van der Waals surface area contributed by atoms with E-state index >= 15 is 0 Å². The molecule has 0 atom stereocenters. The molecule has 2 fully saturated rings. The molecule has 0 aromatic carbocycles. The van der Waals surface area contributed by atoms with Crippen LogP contribution in [0.2, 0.25) is 0 Å². The third-order valence-electron chi connectivity index (χ3n) is 4.06. The molecule has 1 aliphatic heterocycles. The van der Waals surface area contributed by atoms with Crippen molar-refractivity contribution < 1.29 is 4.79 Å². The summed E-state index contributed by atoms with van der Waals surface area (Å²) in [6, 6.07) is 4.10. The second-order valence-corrected chi connectivity index (χ2v) is 6.53. The van der Waals surface area contributed by atoms with Crippen LogP contribution in [0.15, 0.2) is 16.6 Å². The Hall–Kier alpha value is -1.10. The first-order valence-corrected chi connectivity index (χ1v) is 8.11. The quantitative estimate of drug-likeness (QED) is 0.832. The van der Waals surface area contributed by atoms with Crippen LogP contribution in [-0.4, -0.2) is 42.0 Å². The first kappa shape index (κ1) is 13.9. The van der Waals surface area contributed by atoms with Gasteiger partial charge in [0, 0.05) is 36.6 Å². The summed E-state index contributed by atoms with van der Waals surface area (Å²) in [7, 11) is 0. The van der Waals surface area contributed by atoms with Crippen LogP contribution in [-0.2, 0) is 4.79 Å². The number of aryl methyl sites for hydroxylation is 1. The molecule has 2 heterocycles. The van der Waals surface area contributed by atoms with Crippen molar-refractivity contribution >= 4 is 27.7 Å². The highest BCUT2D eigenvalue weighted by Gasteiger charge is 2.33. The van der Waals surface area contributed by atoms with E-state index in [2.05, 4.69) is 37.9 Å². The van der Waals surface area contributed by atoms with Crippen molar-refractivity contribution in [3.63, 3.8) is 0 Å². The normalized spacial score (nSPS) is 19.9. The summed E-state index contributed by atoms with van der Waals surface area (Å²) in [4.78, 5) is 21.1. The Morgan fingerprint density at radius 1 is 1.25 bits per heavy atom. The Balaban J connectivity index is 1.67. The molecule has 2 aliphatic rings. The smallest absolute Gasteiger partial charge is 0.225 e. The molecule has 0 N–H and O–H groups in total. The van der Waals surface area contributed by atoms with Crippen LogP contribution in [0.3, 0.4) is 0 Å². The molecule has 1 aromatic rings. The van der Waals surface area contributed by atoms with Crippen LogP contribution in [0.1, 0.15) is 25.0 Å². The predicted molar refractivity (Wildman–Crippen MR) is 82.8 cm³/mol. The van der Waals surface area contributed by atoms with Gasteiger partial charge in [0.2, 0.25) is 5.91 Å². The van der Waals surface area contributed by atoms with Crippen LogP contribution >= 0.6 is 15.9 Å². The Morgan fingerprint density at radius 3 is 2.75 bits per heavy atom. The van der Waals surface area contributed by atoms with Gasteiger partial charge in [-0.1, -0.05) is 0 Å². The lowest BCUT2D eigenvalue weighted by atomic mass is 10.3. The zero-order chi connectivity index (χ0) is 14.1. The third kappa shape index (κ3) is 2.97. The maximum absolute atomic E-state index is 12.1. The summed E-state index contributed by atoms with van der Waals surface area (Å²) in [5.74, 6) is 1.72. The maximum atomic E-state index is 12.1. The number of amides is 1. The van der Waals surface area contributed by atoms with Gasteiger partial charge in [-0.2, -0.15) is 0 Å². The van der Waals surface area contributed by atoms with Gasteiger partial charge in [-0.15, -0.1) is 0 Å². The van der Waals surface area contributed by atoms with Crippen molar-refractivity contribution in [1.29, 1.82) is 0 Å². The summed E-state index contributed by atoms with van der Waals surface area (Å²) in [6.45, 7) is 5.58. The van der Waals surface area contributed by atoms with Gasteiger partial charge in [0.15, 0.2) is 0 Å². The lowest BCUT2D eigenvalue weighted by molar-refractivity contribution is -0.132. The molecule has 1 aromatic heterocycles. The minimum Gasteiger partial charge on any atom is -0.355 e. The SMILES string of the molecule is Cc1nc(N2CCCN(C(=O)C3CC3)CC2)ccc1Br. The highest BCUT2D eigenvalue weighted by atomic mass is 79.9. The highest BCUT2D eigenvalue weighted by Crippen LogP contribution is 2.31. The Labute approximate surface area is 128 Å². The number of hydrogen-bond donors (Lipinski definition) is 0. The zero-order valence-corrected chi connectivity index (χ0v) is 13.4. The number of hydrogen-bond acceptors (Lipinski definition) is 3. The van der Waals surface area contributed by atoms with Crippen LogP contribution in [0.4, 0.5) is 5.82 Å². The minimum absolute atomic E-state index is 0.328. The third-order valence-corrected chi connectivity index (χ3v) is 4.90. The van der Waals surface area contributed by atoms with Crippen LogP contribution in [0, 0.1) is 12.8 Å². The molecule has 0 radical (unpaired) electrons. The molecular formula is C15H20BrN3O. The van der Waals surface area contributed by atoms with Crippen molar-refractivity contribution in [2.75, 3.05) is 31.1 Å². The van der Waals surface area contributed by atoms with E-state index in [0.717, 1.165) is 61.4 Å². The molecule has 5 heteroatoms. The molecule has 3 rings (SSSR count). The van der Waals surface area contributed by atoms with Crippen LogP contribution < -0.4 is 4.90 Å². The number of nitrogens with zero attached hydrogens (tertiary/aromatic N) is 3. The van der Waals surface area contributed by atoms with Gasteiger partial charge in [0.25, 0.3) is 0 Å². The second-order valence-electron chi connectivity index (χ2n) is 5.68. The first-order valence-electron chi connectivity index (χ1n) is 7.32. The van der Waals surface area contributed by atoms with Gasteiger partial charge in [-0.05, 0) is 54.2 Å². The van der Waals surface area contributed by atoms with Crippen molar-refractivity contribution in [1.82, 2.24) is 9.88 Å². The van der Waals surface area contributed by atoms with E-state index < -0.39 is 0 Å². The first-order chi connectivity index (χ1) is 9.65. The average molecular weight is 338 g/mol. The topological polar surface area (TPSA) is 36.4 Å². The molecule has 1 saturated carbocycles. The monoisotopic (exact) mass is 337 g/mol. The number of carbonyl (C=O) groups is 1. The minimum atomic E-state index is 0.328. The largest absolute Gasteiger partial charge is 0.355 e. The average Bonchev–Trinajstić information content (AvgIpc) is 3.27. The molecular weight excluding hydrogens is 318 g/mol. The van der Waals surface area contributed by atoms with Crippen molar-refractivity contribution in [2.24, 2.45) is 5.92 Å². The van der Waals surface area contributed by atoms with E-state index in [0.29, 0.717) is 11.8 Å². The lowest BCUT2D eigenvalue weighted by Gasteiger charge is -2.23. The fourth-order valence-electron chi connectivity index (χ4n) is 2.66. The summed E-state index contributed by atoms with van der Waals surface area (Å²) in [6.07, 6.45) is 3.20. The van der Waals surface area contributed by atoms with Crippen molar-refractivity contribution in [2.45, 2.75) is 26.2 Å². The standard InChI is InChI=1S/C15H20BrN3O/c1-11-13(16)5-6-14(17-11)18-7-2-8-19(10-9-18)15(20)12-3-4-12/h5-6,12H,2-4,7-10H2,1H3. The second kappa shape index (κ2) is 5.72. The zero-order valence-electron chi connectivity index (χ0n) is 11.8. The Bertz CT molecular complexity index is 516. The summed E-state index contributed by atoms with van der Waals surface area (Å²) in [5.41, 5.74) is 1.01. The Morgan fingerprint density at radius 2 is 2.05 bits per heavy atom. The number of rotatable bonds is 2. The van der Waals surface area contributed by atoms with Crippen molar-refractivity contribution in [3.8, 4) is 0 Å². The van der Waals surface area contributed by atoms with E-state index in [4.69, 9.17) is 0 Å². The fourth-order valence-corrected chi connectivity index (χ4v) is 2.88. The van der Waals surface area contributed by atoms with Crippen LogP contribution in [0.25, 0.3) is 0 Å². The fraction of sp³-hybridized carbons (Fsp3) is 0.600. The van der Waals surface area contributed by atoms with Crippen LogP contribution in [0.5, 0.6) is 0 Å². The Kier molecular flexibility index (Phi) is 3.96. The summed E-state index contributed by atoms with van der Waals surface area (Å²) in [5, 5.41) is 0. The number of carbonyl (C=O) groups excluding carboxylic acids is 1. The predicted octanol–water partition coefficient (Wildman–Crippen LogP) is 2.60. The molecule has 0 unspecified atom stereocenters. The van der Waals surface area contributed by atoms with E-state index in [-0.39, 0.29) is 0 Å². The number of anilines is 1. The molecule has 1 aliphatic carbocycles. The van der Waals surface area contributed by atoms with E-state index in [1.807, 2.05) is 11.8 Å². The van der Waals surface area contributed by atoms with Gasteiger partial charge < -0.3 is 9.80 Å². The molecule has 108 valence electrons. The molecule has 0 bridgehead atoms. The number of aromatic nitrogens is 1. The number of pyridine rings is 1. The van der Waals surface area contributed by atoms with Crippen molar-refractivity contribution in [3.05, 3.63) is 22.3 Å². The van der Waals surface area contributed by atoms with Gasteiger partial charge in [-0.25, -0.2) is 4.98 Å². The van der Waals surface area contributed by atoms with E-state index in [9.17, 15) is 4.79 Å².